The predicted molar refractivity (Wildman–Crippen MR) is 48.5 cm³/mol. The Labute approximate surface area is 71.3 Å². The van der Waals surface area contributed by atoms with E-state index < -0.39 is 0 Å². The van der Waals surface area contributed by atoms with Crippen LogP contribution in [-0.2, 0) is 5.54 Å². The van der Waals surface area contributed by atoms with E-state index in [2.05, 4.69) is 42.8 Å². The molecular formula is C9H11NS. The minimum atomic E-state index is 0.140. The van der Waals surface area contributed by atoms with Gasteiger partial charge in [-0.15, -0.1) is 0 Å². The van der Waals surface area contributed by atoms with Crippen molar-refractivity contribution >= 4 is 11.9 Å². The first kappa shape index (κ1) is 7.19. The second-order valence-electron chi connectivity index (χ2n) is 3.33. The van der Waals surface area contributed by atoms with Crippen LogP contribution >= 0.6 is 11.9 Å². The van der Waals surface area contributed by atoms with Crippen molar-refractivity contribution in [3.8, 4) is 0 Å². The summed E-state index contributed by atoms with van der Waals surface area (Å²) in [5, 5.41) is 0. The molecule has 0 spiro atoms. The van der Waals surface area contributed by atoms with E-state index in [9.17, 15) is 0 Å². The quantitative estimate of drug-likeness (QED) is 0.593. The molecule has 1 aromatic carbocycles. The molecule has 58 valence electrons. The van der Waals surface area contributed by atoms with Crippen LogP contribution < -0.4 is 4.72 Å². The molecule has 2 rings (SSSR count). The van der Waals surface area contributed by atoms with Crippen LogP contribution in [0.4, 0.5) is 0 Å². The lowest BCUT2D eigenvalue weighted by atomic mass is 9.96. The number of nitrogens with one attached hydrogen (secondary N) is 1. The predicted octanol–water partition coefficient (Wildman–Crippen LogP) is 2.53. The van der Waals surface area contributed by atoms with Crippen LogP contribution in [0, 0.1) is 0 Å². The van der Waals surface area contributed by atoms with Crippen molar-refractivity contribution in [2.45, 2.75) is 24.3 Å². The molecule has 1 nitrogen and oxygen atoms in total. The third kappa shape index (κ3) is 1.06. The van der Waals surface area contributed by atoms with E-state index >= 15 is 0 Å². The SMILES string of the molecule is CC1(C)NSc2ccccc21. The molecule has 0 saturated heterocycles. The van der Waals surface area contributed by atoms with Gasteiger partial charge in [0.15, 0.2) is 0 Å². The van der Waals surface area contributed by atoms with Gasteiger partial charge in [0.25, 0.3) is 0 Å². The fourth-order valence-electron chi connectivity index (χ4n) is 1.31. The standard InChI is InChI=1S/C9H11NS/c1-9(2)7-5-3-4-6-8(7)11-10-9/h3-6,10H,1-2H3. The Balaban J connectivity index is 2.56. The summed E-state index contributed by atoms with van der Waals surface area (Å²) >= 11 is 1.72. The van der Waals surface area contributed by atoms with E-state index in [1.807, 2.05) is 0 Å². The molecule has 0 atom stereocenters. The van der Waals surface area contributed by atoms with Gasteiger partial charge in [-0.05, 0) is 37.4 Å². The Hall–Kier alpha value is -0.470. The van der Waals surface area contributed by atoms with Gasteiger partial charge >= 0.3 is 0 Å². The van der Waals surface area contributed by atoms with Gasteiger partial charge in [-0.3, -0.25) is 0 Å². The van der Waals surface area contributed by atoms with Crippen molar-refractivity contribution in [1.29, 1.82) is 0 Å². The van der Waals surface area contributed by atoms with Crippen molar-refractivity contribution in [1.82, 2.24) is 4.72 Å². The van der Waals surface area contributed by atoms with Gasteiger partial charge in [0.05, 0.1) is 0 Å². The van der Waals surface area contributed by atoms with E-state index in [1.54, 1.807) is 11.9 Å². The van der Waals surface area contributed by atoms with Gasteiger partial charge in [-0.2, -0.15) is 0 Å². The Bertz CT molecular complexity index is 281. The molecule has 0 aromatic heterocycles. The third-order valence-corrected chi connectivity index (χ3v) is 3.16. The maximum Gasteiger partial charge on any atom is 0.0489 e. The fraction of sp³-hybridized carbons (Fsp3) is 0.333. The Morgan fingerprint density at radius 1 is 1.27 bits per heavy atom. The number of rotatable bonds is 0. The molecule has 0 amide bonds. The van der Waals surface area contributed by atoms with E-state index in [-0.39, 0.29) is 5.54 Å². The summed E-state index contributed by atoms with van der Waals surface area (Å²) in [6.45, 7) is 4.40. The van der Waals surface area contributed by atoms with E-state index in [1.165, 1.54) is 10.5 Å². The molecule has 0 radical (unpaired) electrons. The number of hydrogen-bond acceptors (Lipinski definition) is 2. The first-order valence-electron chi connectivity index (χ1n) is 3.74. The van der Waals surface area contributed by atoms with Gasteiger partial charge in [-0.1, -0.05) is 18.2 Å². The molecule has 11 heavy (non-hydrogen) atoms. The van der Waals surface area contributed by atoms with Crippen LogP contribution in [0.2, 0.25) is 0 Å². The lowest BCUT2D eigenvalue weighted by Gasteiger charge is -2.17. The van der Waals surface area contributed by atoms with Gasteiger partial charge in [-0.25, -0.2) is 4.72 Å². The first-order valence-corrected chi connectivity index (χ1v) is 4.55. The molecule has 0 saturated carbocycles. The van der Waals surface area contributed by atoms with E-state index in [0.29, 0.717) is 0 Å². The van der Waals surface area contributed by atoms with Crippen LogP contribution in [0.15, 0.2) is 29.2 Å². The Morgan fingerprint density at radius 2 is 2.00 bits per heavy atom. The zero-order valence-electron chi connectivity index (χ0n) is 6.72. The average Bonchev–Trinajstić information content (AvgIpc) is 2.29. The van der Waals surface area contributed by atoms with Gasteiger partial charge in [0.1, 0.15) is 0 Å². The first-order chi connectivity index (χ1) is 5.20. The lowest BCUT2D eigenvalue weighted by molar-refractivity contribution is 0.517. The van der Waals surface area contributed by atoms with E-state index in [0.717, 1.165) is 0 Å². The van der Waals surface area contributed by atoms with Gasteiger partial charge < -0.3 is 0 Å². The molecule has 1 aromatic rings. The minimum absolute atomic E-state index is 0.140. The van der Waals surface area contributed by atoms with Crippen LogP contribution in [0.3, 0.4) is 0 Å². The lowest BCUT2D eigenvalue weighted by Crippen LogP contribution is -2.25. The maximum atomic E-state index is 3.38. The minimum Gasteiger partial charge on any atom is -0.250 e. The molecule has 1 heterocycles. The number of hydrogen-bond donors (Lipinski definition) is 1. The Morgan fingerprint density at radius 3 is 2.73 bits per heavy atom. The van der Waals surface area contributed by atoms with Crippen molar-refractivity contribution in [2.24, 2.45) is 0 Å². The highest BCUT2D eigenvalue weighted by Crippen LogP contribution is 2.38. The summed E-state index contributed by atoms with van der Waals surface area (Å²) in [6.07, 6.45) is 0. The monoisotopic (exact) mass is 165 g/mol. The maximum absolute atomic E-state index is 3.38. The zero-order chi connectivity index (χ0) is 7.90. The fourth-order valence-corrected chi connectivity index (χ4v) is 2.36. The molecule has 0 fully saturated rings. The zero-order valence-corrected chi connectivity index (χ0v) is 7.53. The third-order valence-electron chi connectivity index (χ3n) is 1.98. The smallest absolute Gasteiger partial charge is 0.0489 e. The summed E-state index contributed by atoms with van der Waals surface area (Å²) in [7, 11) is 0. The highest BCUT2D eigenvalue weighted by Gasteiger charge is 2.28. The van der Waals surface area contributed by atoms with Crippen molar-refractivity contribution in [2.75, 3.05) is 0 Å². The summed E-state index contributed by atoms with van der Waals surface area (Å²) < 4.78 is 3.38. The molecule has 2 heteroatoms. The molecule has 1 aliphatic rings. The van der Waals surface area contributed by atoms with Crippen molar-refractivity contribution in [3.63, 3.8) is 0 Å². The summed E-state index contributed by atoms with van der Waals surface area (Å²) in [5.74, 6) is 0. The molecule has 0 bridgehead atoms. The second-order valence-corrected chi connectivity index (χ2v) is 4.17. The Kier molecular flexibility index (Phi) is 1.48. The highest BCUT2D eigenvalue weighted by molar-refractivity contribution is 7.97. The second kappa shape index (κ2) is 2.26. The normalized spacial score (nSPS) is 19.8. The van der Waals surface area contributed by atoms with Crippen LogP contribution in [0.25, 0.3) is 0 Å². The summed E-state index contributed by atoms with van der Waals surface area (Å²) in [6, 6.07) is 8.51. The van der Waals surface area contributed by atoms with E-state index in [4.69, 9.17) is 0 Å². The number of fused-ring (bicyclic) bond motifs is 1. The largest absolute Gasteiger partial charge is 0.250 e. The van der Waals surface area contributed by atoms with Crippen LogP contribution in [-0.4, -0.2) is 0 Å². The summed E-state index contributed by atoms with van der Waals surface area (Å²) in [4.78, 5) is 1.36. The molecular weight excluding hydrogens is 154 g/mol. The average molecular weight is 165 g/mol. The van der Waals surface area contributed by atoms with Gasteiger partial charge in [0, 0.05) is 10.4 Å². The molecule has 0 unspecified atom stereocenters. The van der Waals surface area contributed by atoms with Crippen molar-refractivity contribution < 1.29 is 0 Å². The van der Waals surface area contributed by atoms with Crippen LogP contribution in [0.5, 0.6) is 0 Å². The summed E-state index contributed by atoms with van der Waals surface area (Å²) in [5.41, 5.74) is 1.55. The highest BCUT2D eigenvalue weighted by atomic mass is 32.2. The molecule has 1 aliphatic heterocycles. The van der Waals surface area contributed by atoms with Gasteiger partial charge in [0.2, 0.25) is 0 Å². The molecule has 1 N–H and O–H groups in total. The molecule has 0 aliphatic carbocycles. The van der Waals surface area contributed by atoms with Crippen LogP contribution in [0.1, 0.15) is 19.4 Å². The van der Waals surface area contributed by atoms with Crippen molar-refractivity contribution in [3.05, 3.63) is 29.8 Å². The topological polar surface area (TPSA) is 12.0 Å². The number of benzene rings is 1.